The minimum absolute atomic E-state index is 1.06. The fourth-order valence-corrected chi connectivity index (χ4v) is 5.34. The smallest absolute Gasteiger partial charge is 0.0773 e. The van der Waals surface area contributed by atoms with Crippen molar-refractivity contribution in [2.24, 2.45) is 0 Å². The van der Waals surface area contributed by atoms with Crippen LogP contribution in [0.4, 0.5) is 0 Å². The van der Waals surface area contributed by atoms with Crippen molar-refractivity contribution in [1.29, 1.82) is 0 Å². The molecule has 0 aliphatic heterocycles. The molecule has 0 spiro atoms. The van der Waals surface area contributed by atoms with E-state index in [2.05, 4.69) is 0 Å². The molecule has 0 heterocycles. The summed E-state index contributed by atoms with van der Waals surface area (Å²) < 4.78 is 0. The van der Waals surface area contributed by atoms with Gasteiger partial charge in [0.1, 0.15) is 0 Å². The molecule has 0 aromatic rings. The van der Waals surface area contributed by atoms with Crippen LogP contribution < -0.4 is 0 Å². The Kier molecular flexibility index (Phi) is 6.26. The summed E-state index contributed by atoms with van der Waals surface area (Å²) in [5.74, 6) is 1.52. The molecule has 0 N–H and O–H groups in total. The summed E-state index contributed by atoms with van der Waals surface area (Å²) in [4.78, 5) is 0. The summed E-state index contributed by atoms with van der Waals surface area (Å²) in [6.45, 7) is -2.11. The first-order chi connectivity index (χ1) is 3.13. The van der Waals surface area contributed by atoms with Gasteiger partial charge < -0.3 is 0 Å². The molecule has 0 aromatic carbocycles. The minimum Gasteiger partial charge on any atom is -0.0773 e. The molecular formula is CHCl4P2. The summed E-state index contributed by atoms with van der Waals surface area (Å²) in [6.07, 6.45) is 0. The Morgan fingerprint density at radius 3 is 1.14 bits per heavy atom. The van der Waals surface area contributed by atoms with E-state index in [0.717, 1.165) is 0 Å². The van der Waals surface area contributed by atoms with E-state index in [9.17, 15) is 0 Å². The molecule has 0 saturated heterocycles. The van der Waals surface area contributed by atoms with E-state index < -0.39 is 13.3 Å². The van der Waals surface area contributed by atoms with Gasteiger partial charge in [0.15, 0.2) is 0 Å². The Labute approximate surface area is 64.1 Å². The highest BCUT2D eigenvalue weighted by atomic mass is 35.9. The van der Waals surface area contributed by atoms with Gasteiger partial charge in [-0.3, -0.25) is 0 Å². The van der Waals surface area contributed by atoms with Crippen molar-refractivity contribution in [3.05, 3.63) is 5.90 Å². The van der Waals surface area contributed by atoms with Crippen LogP contribution in [0.15, 0.2) is 0 Å². The standard InChI is InChI=1S/CHCl4P2/c2-6(3)1-7(4)5/h1H. The van der Waals surface area contributed by atoms with Crippen molar-refractivity contribution in [2.45, 2.75) is 0 Å². The molecule has 0 aromatic heterocycles. The van der Waals surface area contributed by atoms with E-state index >= 15 is 0 Å². The maximum atomic E-state index is 5.29. The van der Waals surface area contributed by atoms with Gasteiger partial charge in [0.2, 0.25) is 0 Å². The third-order valence-corrected chi connectivity index (χ3v) is 4.71. The van der Waals surface area contributed by atoms with E-state index in [1.54, 1.807) is 0 Å². The Morgan fingerprint density at radius 1 is 0.857 bits per heavy atom. The topological polar surface area (TPSA) is 0 Å². The van der Waals surface area contributed by atoms with Crippen LogP contribution in [-0.4, -0.2) is 0 Å². The first-order valence-corrected chi connectivity index (χ1v) is 7.63. The van der Waals surface area contributed by atoms with Crippen LogP contribution in [0.1, 0.15) is 0 Å². The highest BCUT2D eigenvalue weighted by Gasteiger charge is 2.05. The lowest BCUT2D eigenvalue weighted by atomic mass is 11.9. The predicted octanol–water partition coefficient (Wildman–Crippen LogP) is 4.68. The Balaban J connectivity index is 2.95. The number of hydrogen-bond donors (Lipinski definition) is 0. The molecule has 0 fully saturated rings. The Bertz CT molecular complexity index is 39.0. The van der Waals surface area contributed by atoms with Gasteiger partial charge in [0.05, 0.1) is 19.2 Å². The number of hydrogen-bond acceptors (Lipinski definition) is 0. The van der Waals surface area contributed by atoms with Crippen LogP contribution in [0.2, 0.25) is 0 Å². The molecule has 0 saturated carbocycles. The molecule has 0 bridgehead atoms. The second kappa shape index (κ2) is 4.86. The lowest BCUT2D eigenvalue weighted by molar-refractivity contribution is 2.69. The van der Waals surface area contributed by atoms with Crippen molar-refractivity contribution in [2.75, 3.05) is 0 Å². The summed E-state index contributed by atoms with van der Waals surface area (Å²) in [5, 5.41) is 0. The van der Waals surface area contributed by atoms with Gasteiger partial charge in [-0.2, -0.15) is 0 Å². The van der Waals surface area contributed by atoms with Crippen molar-refractivity contribution in [3.8, 4) is 0 Å². The molecule has 7 heavy (non-hydrogen) atoms. The molecule has 0 rings (SSSR count). The Hall–Kier alpha value is 2.02. The zero-order valence-electron chi connectivity index (χ0n) is 2.98. The molecule has 6 heteroatoms. The van der Waals surface area contributed by atoms with Gasteiger partial charge in [-0.05, 0) is 0 Å². The molecule has 0 aliphatic carbocycles. The first-order valence-electron chi connectivity index (χ1n) is 1.19. The quantitative estimate of drug-likeness (QED) is 0.588. The monoisotopic (exact) mass is 215 g/mol. The summed E-state index contributed by atoms with van der Waals surface area (Å²) in [5.41, 5.74) is 0. The van der Waals surface area contributed by atoms with Crippen LogP contribution >= 0.6 is 58.2 Å². The summed E-state index contributed by atoms with van der Waals surface area (Å²) in [7, 11) is 0. The van der Waals surface area contributed by atoms with Gasteiger partial charge in [0, 0.05) is 0 Å². The first kappa shape index (κ1) is 9.02. The van der Waals surface area contributed by atoms with Crippen LogP contribution in [-0.2, 0) is 0 Å². The average Bonchev–Trinajstić information content (AvgIpc) is 1.27. The van der Waals surface area contributed by atoms with E-state index in [1.165, 1.54) is 5.90 Å². The van der Waals surface area contributed by atoms with Gasteiger partial charge in [-0.1, -0.05) is 45.0 Å². The third-order valence-electron chi connectivity index (χ3n) is 0.175. The van der Waals surface area contributed by atoms with Gasteiger partial charge in [-0.15, -0.1) is 0 Å². The van der Waals surface area contributed by atoms with Crippen molar-refractivity contribution < 1.29 is 0 Å². The van der Waals surface area contributed by atoms with Crippen LogP contribution in [0.5, 0.6) is 0 Å². The van der Waals surface area contributed by atoms with Crippen LogP contribution in [0, 0.1) is 5.90 Å². The lowest BCUT2D eigenvalue weighted by Crippen LogP contribution is -1.42. The van der Waals surface area contributed by atoms with Crippen LogP contribution in [0.25, 0.3) is 0 Å². The molecular weight excluding hydrogens is 216 g/mol. The second-order valence-electron chi connectivity index (χ2n) is 0.634. The van der Waals surface area contributed by atoms with E-state index in [0.29, 0.717) is 0 Å². The van der Waals surface area contributed by atoms with E-state index in [1.807, 2.05) is 0 Å². The SMILES string of the molecule is ClP(Cl)[CH]P(Cl)Cl. The zero-order chi connectivity index (χ0) is 5.86. The second-order valence-corrected chi connectivity index (χ2v) is 8.00. The van der Waals surface area contributed by atoms with E-state index in [-0.39, 0.29) is 0 Å². The fourth-order valence-electron chi connectivity index (χ4n) is 0.0660. The van der Waals surface area contributed by atoms with Crippen LogP contribution in [0.3, 0.4) is 0 Å². The normalized spacial score (nSPS) is 11.1. The van der Waals surface area contributed by atoms with Gasteiger partial charge >= 0.3 is 0 Å². The van der Waals surface area contributed by atoms with Crippen molar-refractivity contribution >= 4 is 58.2 Å². The average molecular weight is 217 g/mol. The molecule has 0 nitrogen and oxygen atoms in total. The van der Waals surface area contributed by atoms with Crippen molar-refractivity contribution in [3.63, 3.8) is 0 Å². The third kappa shape index (κ3) is 8.02. The molecule has 0 unspecified atom stereocenters. The molecule has 0 amide bonds. The van der Waals surface area contributed by atoms with E-state index in [4.69, 9.17) is 45.0 Å². The molecule has 1 radical (unpaired) electrons. The number of halogens is 4. The maximum absolute atomic E-state index is 5.29. The fraction of sp³-hybridized carbons (Fsp3) is 0. The highest BCUT2D eigenvalue weighted by molar-refractivity contribution is 8.19. The summed E-state index contributed by atoms with van der Waals surface area (Å²) >= 11 is 21.2. The highest BCUT2D eigenvalue weighted by Crippen LogP contribution is 2.66. The largest absolute Gasteiger partial charge is 0.0965 e. The predicted molar refractivity (Wildman–Crippen MR) is 41.6 cm³/mol. The van der Waals surface area contributed by atoms with Gasteiger partial charge in [0.25, 0.3) is 0 Å². The minimum atomic E-state index is -1.06. The maximum Gasteiger partial charge on any atom is 0.0965 e. The number of rotatable bonds is 2. The lowest BCUT2D eigenvalue weighted by Gasteiger charge is -1.95. The van der Waals surface area contributed by atoms with Crippen molar-refractivity contribution in [1.82, 2.24) is 0 Å². The molecule has 43 valence electrons. The Morgan fingerprint density at radius 2 is 1.14 bits per heavy atom. The zero-order valence-corrected chi connectivity index (χ0v) is 7.80. The molecule has 0 atom stereocenters. The summed E-state index contributed by atoms with van der Waals surface area (Å²) in [6, 6.07) is 0. The van der Waals surface area contributed by atoms with Gasteiger partial charge in [-0.25, -0.2) is 0 Å². The molecule has 0 aliphatic rings.